The zero-order valence-electron chi connectivity index (χ0n) is 12.6. The molecule has 2 aromatic rings. The topological polar surface area (TPSA) is 52.9 Å². The lowest BCUT2D eigenvalue weighted by Crippen LogP contribution is -2.37. The van der Waals surface area contributed by atoms with E-state index in [1.54, 1.807) is 18.2 Å². The number of para-hydroxylation sites is 1. The van der Waals surface area contributed by atoms with Crippen molar-refractivity contribution >= 4 is 17.3 Å². The third-order valence-corrected chi connectivity index (χ3v) is 3.80. The molecular weight excluding hydrogens is 340 g/mol. The number of carbonyl (C=O) groups excluding carboxylic acids is 1. The highest BCUT2D eigenvalue weighted by Gasteiger charge is 2.53. The Morgan fingerprint density at radius 1 is 1.04 bits per heavy atom. The quantitative estimate of drug-likeness (QED) is 0.861. The monoisotopic (exact) mass is 352 g/mol. The summed E-state index contributed by atoms with van der Waals surface area (Å²) < 4.78 is 53.0. The Kier molecular flexibility index (Phi) is 4.30. The Balaban J connectivity index is 2.01. The molecule has 0 radical (unpaired) electrons. The summed E-state index contributed by atoms with van der Waals surface area (Å²) in [5.74, 6) is -3.54. The third kappa shape index (κ3) is 3.25. The third-order valence-electron chi connectivity index (χ3n) is 3.80. The van der Waals surface area contributed by atoms with Gasteiger partial charge in [-0.25, -0.2) is 4.39 Å². The maximum Gasteiger partial charge on any atom is 0.432 e. The highest BCUT2D eigenvalue weighted by molar-refractivity contribution is 6.17. The minimum Gasteiger partial charge on any atom is -0.387 e. The van der Waals surface area contributed by atoms with Gasteiger partial charge in [0.1, 0.15) is 11.7 Å². The Hall–Kier alpha value is -2.74. The van der Waals surface area contributed by atoms with E-state index < -0.39 is 35.6 Å². The molecule has 0 spiro atoms. The number of hydrogen-bond donors (Lipinski definition) is 1. The largest absolute Gasteiger partial charge is 0.432 e. The minimum atomic E-state index is -4.90. The number of rotatable bonds is 3. The second-order valence-electron chi connectivity index (χ2n) is 5.44. The van der Waals surface area contributed by atoms with Gasteiger partial charge in [-0.05, 0) is 29.8 Å². The highest BCUT2D eigenvalue weighted by atomic mass is 19.4. The maximum absolute atomic E-state index is 13.3. The second-order valence-corrected chi connectivity index (χ2v) is 5.44. The van der Waals surface area contributed by atoms with Gasteiger partial charge in [-0.3, -0.25) is 4.79 Å². The first-order chi connectivity index (χ1) is 11.8. The van der Waals surface area contributed by atoms with Gasteiger partial charge in [-0.2, -0.15) is 23.3 Å². The summed E-state index contributed by atoms with van der Waals surface area (Å²) >= 11 is 0. The molecule has 2 atom stereocenters. The van der Waals surface area contributed by atoms with Gasteiger partial charge in [-0.15, -0.1) is 0 Å². The predicted octanol–water partition coefficient (Wildman–Crippen LogP) is 3.44. The molecular formula is C17H12F4N2O2. The molecule has 0 saturated carbocycles. The van der Waals surface area contributed by atoms with Gasteiger partial charge in [0.05, 0.1) is 11.8 Å². The van der Waals surface area contributed by atoms with Gasteiger partial charge < -0.3 is 5.11 Å². The molecule has 1 aliphatic rings. The Labute approximate surface area is 140 Å². The van der Waals surface area contributed by atoms with Crippen molar-refractivity contribution in [3.8, 4) is 0 Å². The van der Waals surface area contributed by atoms with Gasteiger partial charge in [0.25, 0.3) is 5.91 Å². The van der Waals surface area contributed by atoms with Crippen LogP contribution in [0.1, 0.15) is 11.7 Å². The van der Waals surface area contributed by atoms with Crippen molar-refractivity contribution in [1.82, 2.24) is 0 Å². The van der Waals surface area contributed by atoms with E-state index in [4.69, 9.17) is 0 Å². The molecule has 1 aliphatic heterocycles. The van der Waals surface area contributed by atoms with Crippen molar-refractivity contribution in [2.45, 2.75) is 12.3 Å². The van der Waals surface area contributed by atoms with Crippen LogP contribution in [-0.4, -0.2) is 22.9 Å². The molecule has 0 aromatic heterocycles. The van der Waals surface area contributed by atoms with Crippen LogP contribution < -0.4 is 5.01 Å². The number of hydrogen-bond acceptors (Lipinski definition) is 3. The summed E-state index contributed by atoms with van der Waals surface area (Å²) in [5.41, 5.74) is -1.24. The van der Waals surface area contributed by atoms with Crippen molar-refractivity contribution in [2.24, 2.45) is 11.0 Å². The van der Waals surface area contributed by atoms with Crippen molar-refractivity contribution in [3.05, 3.63) is 66.0 Å². The number of aliphatic hydroxyl groups excluding tert-OH is 1. The van der Waals surface area contributed by atoms with E-state index in [2.05, 4.69) is 5.10 Å². The first-order valence-corrected chi connectivity index (χ1v) is 7.27. The average molecular weight is 352 g/mol. The van der Waals surface area contributed by atoms with Crippen LogP contribution >= 0.6 is 0 Å². The number of amides is 1. The van der Waals surface area contributed by atoms with E-state index in [0.717, 1.165) is 24.3 Å². The highest BCUT2D eigenvalue weighted by Crippen LogP contribution is 2.38. The van der Waals surface area contributed by atoms with Gasteiger partial charge in [0, 0.05) is 0 Å². The number of aliphatic hydroxyl groups is 1. The number of hydrazone groups is 1. The molecule has 130 valence electrons. The molecule has 8 heteroatoms. The molecule has 0 saturated heterocycles. The van der Waals surface area contributed by atoms with Crippen molar-refractivity contribution in [2.75, 3.05) is 5.01 Å². The zero-order valence-corrected chi connectivity index (χ0v) is 12.6. The molecule has 0 aliphatic carbocycles. The van der Waals surface area contributed by atoms with Gasteiger partial charge in [-0.1, -0.05) is 30.3 Å². The van der Waals surface area contributed by atoms with Crippen LogP contribution in [0.4, 0.5) is 23.2 Å². The van der Waals surface area contributed by atoms with Gasteiger partial charge in [0.15, 0.2) is 5.71 Å². The fraction of sp³-hybridized carbons (Fsp3) is 0.176. The fourth-order valence-corrected chi connectivity index (χ4v) is 2.59. The van der Waals surface area contributed by atoms with Crippen LogP contribution in [0, 0.1) is 11.7 Å². The van der Waals surface area contributed by atoms with Gasteiger partial charge >= 0.3 is 6.18 Å². The summed E-state index contributed by atoms with van der Waals surface area (Å²) in [4.78, 5) is 12.5. The molecule has 0 fully saturated rings. The molecule has 0 bridgehead atoms. The van der Waals surface area contributed by atoms with Crippen LogP contribution in [0.3, 0.4) is 0 Å². The number of halogens is 4. The van der Waals surface area contributed by atoms with Crippen LogP contribution in [0.15, 0.2) is 59.7 Å². The summed E-state index contributed by atoms with van der Waals surface area (Å²) in [5, 5.41) is 14.4. The number of carbonyl (C=O) groups is 1. The Morgan fingerprint density at radius 2 is 1.64 bits per heavy atom. The van der Waals surface area contributed by atoms with E-state index in [0.29, 0.717) is 5.01 Å². The Morgan fingerprint density at radius 3 is 2.20 bits per heavy atom. The lowest BCUT2D eigenvalue weighted by molar-refractivity contribution is -0.123. The molecule has 1 N–H and O–H groups in total. The molecule has 3 rings (SSSR count). The number of benzene rings is 2. The van der Waals surface area contributed by atoms with Crippen molar-refractivity contribution in [1.29, 1.82) is 0 Å². The lowest BCUT2D eigenvalue weighted by Gasteiger charge is -2.20. The number of anilines is 1. The number of alkyl halides is 3. The maximum atomic E-state index is 13.3. The SMILES string of the molecule is O=C1[C@@H]([C@@H](O)c2ccc(F)cc2)C(C(F)(F)F)=NN1c1ccccc1. The molecule has 0 unspecified atom stereocenters. The van der Waals surface area contributed by atoms with Crippen LogP contribution in [-0.2, 0) is 4.79 Å². The molecule has 1 heterocycles. The fourth-order valence-electron chi connectivity index (χ4n) is 2.59. The van der Waals surface area contributed by atoms with Crippen LogP contribution in [0.2, 0.25) is 0 Å². The summed E-state index contributed by atoms with van der Waals surface area (Å²) in [6, 6.07) is 11.9. The smallest absolute Gasteiger partial charge is 0.387 e. The number of nitrogens with zero attached hydrogens (tertiary/aromatic N) is 2. The lowest BCUT2D eigenvalue weighted by atomic mass is 9.91. The molecule has 25 heavy (non-hydrogen) atoms. The Bertz CT molecular complexity index is 804. The molecule has 4 nitrogen and oxygen atoms in total. The van der Waals surface area contributed by atoms with Crippen LogP contribution in [0.5, 0.6) is 0 Å². The van der Waals surface area contributed by atoms with E-state index in [1.165, 1.54) is 12.1 Å². The van der Waals surface area contributed by atoms with Crippen molar-refractivity contribution < 1.29 is 27.5 Å². The summed E-state index contributed by atoms with van der Waals surface area (Å²) in [7, 11) is 0. The van der Waals surface area contributed by atoms with E-state index in [-0.39, 0.29) is 11.3 Å². The van der Waals surface area contributed by atoms with E-state index in [1.807, 2.05) is 0 Å². The first kappa shape index (κ1) is 17.1. The zero-order chi connectivity index (χ0) is 18.2. The van der Waals surface area contributed by atoms with E-state index in [9.17, 15) is 27.5 Å². The molecule has 1 amide bonds. The second kappa shape index (κ2) is 6.29. The average Bonchev–Trinajstić information content (AvgIpc) is 2.93. The van der Waals surface area contributed by atoms with Crippen molar-refractivity contribution in [3.63, 3.8) is 0 Å². The minimum absolute atomic E-state index is 0.00777. The summed E-state index contributed by atoms with van der Waals surface area (Å²) in [6.07, 6.45) is -6.70. The standard InChI is InChI=1S/C17H12F4N2O2/c18-11-8-6-10(7-9-11)14(24)13-15(17(19,20)21)22-23(16(13)25)12-4-2-1-3-5-12/h1-9,13-14,24H/t13-,14-/m0/s1. The first-order valence-electron chi connectivity index (χ1n) is 7.27. The normalized spacial score (nSPS) is 19.1. The summed E-state index contributed by atoms with van der Waals surface area (Å²) in [6.45, 7) is 0. The van der Waals surface area contributed by atoms with E-state index >= 15 is 0 Å². The molecule has 2 aromatic carbocycles. The predicted molar refractivity (Wildman–Crippen MR) is 82.3 cm³/mol. The van der Waals surface area contributed by atoms with Gasteiger partial charge in [0.2, 0.25) is 0 Å². The van der Waals surface area contributed by atoms with Crippen LogP contribution in [0.25, 0.3) is 0 Å².